The van der Waals surface area contributed by atoms with E-state index in [-0.39, 0.29) is 5.92 Å². The van der Waals surface area contributed by atoms with Crippen LogP contribution in [0.5, 0.6) is 0 Å². The van der Waals surface area contributed by atoms with E-state index in [0.717, 1.165) is 25.7 Å². The first-order valence-electron chi connectivity index (χ1n) is 6.95. The van der Waals surface area contributed by atoms with E-state index in [2.05, 4.69) is 13.8 Å². The molecule has 0 spiro atoms. The van der Waals surface area contributed by atoms with Crippen molar-refractivity contribution in [3.63, 3.8) is 0 Å². The van der Waals surface area contributed by atoms with Crippen LogP contribution in [0.2, 0.25) is 0 Å². The molecule has 16 heavy (non-hydrogen) atoms. The monoisotopic (exact) mass is 228 g/mol. The van der Waals surface area contributed by atoms with Crippen LogP contribution in [0, 0.1) is 5.92 Å². The molecular weight excluding hydrogens is 200 g/mol. The minimum Gasteiger partial charge on any atom is -0.481 e. The van der Waals surface area contributed by atoms with Crippen LogP contribution in [0.15, 0.2) is 0 Å². The Hall–Kier alpha value is -0.530. The van der Waals surface area contributed by atoms with E-state index in [1.165, 1.54) is 38.5 Å². The Morgan fingerprint density at radius 1 is 0.875 bits per heavy atom. The fraction of sp³-hybridized carbons (Fsp3) is 0.929. The first-order valence-corrected chi connectivity index (χ1v) is 6.95. The van der Waals surface area contributed by atoms with Gasteiger partial charge in [0.05, 0.1) is 5.92 Å². The molecule has 0 saturated carbocycles. The normalized spacial score (nSPS) is 12.6. The van der Waals surface area contributed by atoms with Crippen molar-refractivity contribution >= 4 is 5.97 Å². The molecule has 0 aliphatic rings. The summed E-state index contributed by atoms with van der Waals surface area (Å²) in [5.74, 6) is -0.700. The van der Waals surface area contributed by atoms with Gasteiger partial charge in [-0.3, -0.25) is 4.79 Å². The van der Waals surface area contributed by atoms with Crippen LogP contribution in [0.1, 0.15) is 78.1 Å². The lowest BCUT2D eigenvalue weighted by Crippen LogP contribution is -2.13. The van der Waals surface area contributed by atoms with Crippen LogP contribution in [-0.4, -0.2) is 11.1 Å². The van der Waals surface area contributed by atoms with E-state index in [4.69, 9.17) is 5.11 Å². The van der Waals surface area contributed by atoms with Gasteiger partial charge in [-0.25, -0.2) is 0 Å². The van der Waals surface area contributed by atoms with Crippen molar-refractivity contribution in [2.45, 2.75) is 78.1 Å². The second-order valence-corrected chi connectivity index (χ2v) is 4.73. The maximum atomic E-state index is 10.9. The van der Waals surface area contributed by atoms with Gasteiger partial charge in [0.2, 0.25) is 0 Å². The van der Waals surface area contributed by atoms with Gasteiger partial charge in [-0.15, -0.1) is 0 Å². The molecule has 2 nitrogen and oxygen atoms in total. The van der Waals surface area contributed by atoms with Gasteiger partial charge < -0.3 is 5.11 Å². The van der Waals surface area contributed by atoms with Crippen molar-refractivity contribution < 1.29 is 9.90 Å². The van der Waals surface area contributed by atoms with Gasteiger partial charge in [0.1, 0.15) is 0 Å². The molecule has 0 aromatic carbocycles. The summed E-state index contributed by atoms with van der Waals surface area (Å²) < 4.78 is 0. The van der Waals surface area contributed by atoms with E-state index in [9.17, 15) is 4.79 Å². The smallest absolute Gasteiger partial charge is 0.306 e. The molecule has 0 aliphatic heterocycles. The Balaban J connectivity index is 3.37. The summed E-state index contributed by atoms with van der Waals surface area (Å²) in [7, 11) is 0. The van der Waals surface area contributed by atoms with Crippen molar-refractivity contribution in [2.75, 3.05) is 0 Å². The number of carboxylic acids is 1. The zero-order chi connectivity index (χ0) is 12.2. The molecule has 96 valence electrons. The number of rotatable bonds is 11. The first-order chi connectivity index (χ1) is 7.72. The lowest BCUT2D eigenvalue weighted by molar-refractivity contribution is -0.142. The predicted octanol–water partition coefficient (Wildman–Crippen LogP) is 4.63. The van der Waals surface area contributed by atoms with Crippen molar-refractivity contribution in [3.05, 3.63) is 0 Å². The molecule has 0 rings (SSSR count). The lowest BCUT2D eigenvalue weighted by atomic mass is 9.96. The van der Waals surface area contributed by atoms with Gasteiger partial charge >= 0.3 is 5.97 Å². The second-order valence-electron chi connectivity index (χ2n) is 4.73. The summed E-state index contributed by atoms with van der Waals surface area (Å²) >= 11 is 0. The van der Waals surface area contributed by atoms with Gasteiger partial charge in [-0.2, -0.15) is 0 Å². The molecule has 0 fully saturated rings. The van der Waals surface area contributed by atoms with Crippen LogP contribution >= 0.6 is 0 Å². The van der Waals surface area contributed by atoms with E-state index in [1.54, 1.807) is 0 Å². The van der Waals surface area contributed by atoms with E-state index < -0.39 is 5.97 Å². The predicted molar refractivity (Wildman–Crippen MR) is 68.6 cm³/mol. The van der Waals surface area contributed by atoms with E-state index in [1.807, 2.05) is 0 Å². The number of hydrogen-bond donors (Lipinski definition) is 1. The van der Waals surface area contributed by atoms with Gasteiger partial charge in [-0.1, -0.05) is 65.2 Å². The van der Waals surface area contributed by atoms with Crippen LogP contribution in [0.4, 0.5) is 0 Å². The van der Waals surface area contributed by atoms with Gasteiger partial charge in [0.25, 0.3) is 0 Å². The third-order valence-electron chi connectivity index (χ3n) is 3.14. The summed E-state index contributed by atoms with van der Waals surface area (Å²) in [6.07, 6.45) is 11.5. The number of unbranched alkanes of at least 4 members (excludes halogenated alkanes) is 6. The molecular formula is C14H28O2. The molecule has 1 atom stereocenters. The highest BCUT2D eigenvalue weighted by Crippen LogP contribution is 2.17. The third kappa shape index (κ3) is 8.75. The number of aliphatic carboxylic acids is 1. The number of carboxylic acid groups (broad SMARTS) is 1. The van der Waals surface area contributed by atoms with Crippen LogP contribution < -0.4 is 0 Å². The van der Waals surface area contributed by atoms with Crippen molar-refractivity contribution in [2.24, 2.45) is 5.92 Å². The fourth-order valence-corrected chi connectivity index (χ4v) is 2.09. The summed E-state index contributed by atoms with van der Waals surface area (Å²) in [5.41, 5.74) is 0. The fourth-order valence-electron chi connectivity index (χ4n) is 2.09. The van der Waals surface area contributed by atoms with E-state index >= 15 is 0 Å². The minimum absolute atomic E-state index is 0.0966. The van der Waals surface area contributed by atoms with Crippen molar-refractivity contribution in [1.82, 2.24) is 0 Å². The molecule has 1 N–H and O–H groups in total. The molecule has 0 heterocycles. The maximum Gasteiger partial charge on any atom is 0.306 e. The largest absolute Gasteiger partial charge is 0.481 e. The summed E-state index contributed by atoms with van der Waals surface area (Å²) in [4.78, 5) is 10.9. The molecule has 0 aliphatic carbocycles. The Bertz CT molecular complexity index is 166. The Morgan fingerprint density at radius 3 is 1.94 bits per heavy atom. The maximum absolute atomic E-state index is 10.9. The van der Waals surface area contributed by atoms with Crippen LogP contribution in [0.25, 0.3) is 0 Å². The molecule has 0 radical (unpaired) electrons. The standard InChI is InChI=1S/C14H28O2/c1-3-5-6-7-8-9-10-12-13(11-4-2)14(15)16/h13H,3-12H2,1-2H3,(H,15,16). The van der Waals surface area contributed by atoms with Gasteiger partial charge in [-0.05, 0) is 12.8 Å². The Morgan fingerprint density at radius 2 is 1.44 bits per heavy atom. The number of hydrogen-bond acceptors (Lipinski definition) is 1. The average molecular weight is 228 g/mol. The molecule has 2 heteroatoms. The lowest BCUT2D eigenvalue weighted by Gasteiger charge is -2.10. The average Bonchev–Trinajstić information content (AvgIpc) is 2.26. The van der Waals surface area contributed by atoms with E-state index in [0.29, 0.717) is 0 Å². The quantitative estimate of drug-likeness (QED) is 0.523. The zero-order valence-electron chi connectivity index (χ0n) is 11.0. The highest BCUT2D eigenvalue weighted by atomic mass is 16.4. The van der Waals surface area contributed by atoms with Crippen molar-refractivity contribution in [3.8, 4) is 0 Å². The zero-order valence-corrected chi connectivity index (χ0v) is 11.0. The Labute approximate surface area is 100 Å². The molecule has 0 saturated heterocycles. The Kier molecular flexibility index (Phi) is 10.6. The molecule has 0 aromatic heterocycles. The third-order valence-corrected chi connectivity index (χ3v) is 3.14. The SMILES string of the molecule is CCCCCCCCCC(CCC)C(=O)O. The van der Waals surface area contributed by atoms with Crippen molar-refractivity contribution in [1.29, 1.82) is 0 Å². The van der Waals surface area contributed by atoms with Gasteiger partial charge in [0, 0.05) is 0 Å². The first kappa shape index (κ1) is 15.5. The van der Waals surface area contributed by atoms with Gasteiger partial charge in [0.15, 0.2) is 0 Å². The second kappa shape index (κ2) is 11.0. The minimum atomic E-state index is -0.604. The summed E-state index contributed by atoms with van der Waals surface area (Å²) in [5, 5.41) is 8.98. The topological polar surface area (TPSA) is 37.3 Å². The molecule has 0 amide bonds. The number of carbonyl (C=O) groups is 1. The highest BCUT2D eigenvalue weighted by Gasteiger charge is 2.14. The molecule has 1 unspecified atom stereocenters. The molecule has 0 aromatic rings. The summed E-state index contributed by atoms with van der Waals surface area (Å²) in [6, 6.07) is 0. The summed E-state index contributed by atoms with van der Waals surface area (Å²) in [6.45, 7) is 4.28. The highest BCUT2D eigenvalue weighted by molar-refractivity contribution is 5.69. The van der Waals surface area contributed by atoms with Crippen LogP contribution in [-0.2, 0) is 4.79 Å². The molecule has 0 bridgehead atoms. The van der Waals surface area contributed by atoms with Crippen LogP contribution in [0.3, 0.4) is 0 Å².